The van der Waals surface area contributed by atoms with Gasteiger partial charge in [0.15, 0.2) is 11.6 Å². The number of benzene rings is 1. The van der Waals surface area contributed by atoms with E-state index in [1.807, 2.05) is 36.4 Å². The maximum Gasteiger partial charge on any atom is 0.153 e. The highest BCUT2D eigenvalue weighted by Crippen LogP contribution is 2.41. The Labute approximate surface area is 147 Å². The van der Waals surface area contributed by atoms with E-state index >= 15 is 0 Å². The van der Waals surface area contributed by atoms with Gasteiger partial charge in [-0.2, -0.15) is 0 Å². The molecule has 0 saturated carbocycles. The SMILES string of the molecule is C=C1C(I)=CC(c2ccccc2)=C(c2c(F)cncc2F)N1C. The third-order valence-corrected chi connectivity index (χ3v) is 4.65. The minimum atomic E-state index is -0.696. The predicted molar refractivity (Wildman–Crippen MR) is 96.4 cm³/mol. The van der Waals surface area contributed by atoms with Gasteiger partial charge < -0.3 is 4.90 Å². The standard InChI is InChI=1S/C18H13F2IN2/c1-11-16(21)8-13(12-6-4-3-5-7-12)18(23(11)2)17-14(19)9-22-10-15(17)20/h3-10H,1H2,2H3. The molecule has 2 nitrogen and oxygen atoms in total. The van der Waals surface area contributed by atoms with Crippen LogP contribution in [-0.4, -0.2) is 16.9 Å². The highest BCUT2D eigenvalue weighted by molar-refractivity contribution is 14.1. The van der Waals surface area contributed by atoms with Crippen LogP contribution in [0.2, 0.25) is 0 Å². The van der Waals surface area contributed by atoms with Gasteiger partial charge in [0.25, 0.3) is 0 Å². The van der Waals surface area contributed by atoms with Gasteiger partial charge in [-0.3, -0.25) is 4.98 Å². The van der Waals surface area contributed by atoms with Gasteiger partial charge in [-0.25, -0.2) is 8.78 Å². The maximum atomic E-state index is 14.3. The highest BCUT2D eigenvalue weighted by atomic mass is 127. The molecule has 0 fully saturated rings. The van der Waals surface area contributed by atoms with Crippen LogP contribution in [0.25, 0.3) is 11.3 Å². The van der Waals surface area contributed by atoms with Crippen molar-refractivity contribution in [2.24, 2.45) is 0 Å². The van der Waals surface area contributed by atoms with E-state index in [0.717, 1.165) is 27.1 Å². The average molecular weight is 422 g/mol. The molecule has 2 heterocycles. The van der Waals surface area contributed by atoms with Crippen LogP contribution < -0.4 is 0 Å². The van der Waals surface area contributed by atoms with Gasteiger partial charge in [0.2, 0.25) is 0 Å². The molecule has 0 radical (unpaired) electrons. The molecular weight excluding hydrogens is 409 g/mol. The van der Waals surface area contributed by atoms with Crippen molar-refractivity contribution < 1.29 is 8.78 Å². The van der Waals surface area contributed by atoms with Crippen molar-refractivity contribution in [1.29, 1.82) is 0 Å². The fourth-order valence-corrected chi connectivity index (χ4v) is 3.21. The van der Waals surface area contributed by atoms with Gasteiger partial charge >= 0.3 is 0 Å². The molecule has 0 unspecified atom stereocenters. The molecule has 23 heavy (non-hydrogen) atoms. The van der Waals surface area contributed by atoms with Crippen molar-refractivity contribution in [3.8, 4) is 0 Å². The van der Waals surface area contributed by atoms with Crippen LogP contribution >= 0.6 is 22.6 Å². The number of halogens is 3. The minimum absolute atomic E-state index is 0.0948. The lowest BCUT2D eigenvalue weighted by Crippen LogP contribution is -2.22. The molecular formula is C18H13F2IN2. The first-order chi connectivity index (χ1) is 11.0. The lowest BCUT2D eigenvalue weighted by Gasteiger charge is -2.31. The molecule has 3 rings (SSSR count). The monoisotopic (exact) mass is 422 g/mol. The Kier molecular flexibility index (Phi) is 4.30. The van der Waals surface area contributed by atoms with E-state index in [0.29, 0.717) is 11.4 Å². The molecule has 0 bridgehead atoms. The van der Waals surface area contributed by atoms with Crippen molar-refractivity contribution in [3.05, 3.63) is 87.4 Å². The molecule has 0 aliphatic carbocycles. The second-order valence-corrected chi connectivity index (χ2v) is 6.27. The van der Waals surface area contributed by atoms with Crippen molar-refractivity contribution in [3.63, 3.8) is 0 Å². The second kappa shape index (κ2) is 6.23. The second-order valence-electron chi connectivity index (χ2n) is 5.10. The Bertz CT molecular complexity index is 821. The molecule has 0 saturated heterocycles. The van der Waals surface area contributed by atoms with Crippen molar-refractivity contribution in [1.82, 2.24) is 9.88 Å². The third kappa shape index (κ3) is 2.81. The number of hydrogen-bond acceptors (Lipinski definition) is 2. The lowest BCUT2D eigenvalue weighted by molar-refractivity contribution is 0.543. The van der Waals surface area contributed by atoms with Gasteiger partial charge in [-0.1, -0.05) is 36.9 Å². The summed E-state index contributed by atoms with van der Waals surface area (Å²) in [4.78, 5) is 5.28. The Morgan fingerprint density at radius 2 is 1.70 bits per heavy atom. The Hall–Kier alpha value is -2.02. The molecule has 1 aromatic carbocycles. The van der Waals surface area contributed by atoms with Crippen LogP contribution in [0, 0.1) is 11.6 Å². The molecule has 1 aliphatic heterocycles. The van der Waals surface area contributed by atoms with Crippen molar-refractivity contribution >= 4 is 33.9 Å². The molecule has 0 spiro atoms. The van der Waals surface area contributed by atoms with Gasteiger partial charge in [-0.05, 0) is 34.2 Å². The number of allylic oxidation sites excluding steroid dienone is 3. The summed E-state index contributed by atoms with van der Waals surface area (Å²) >= 11 is 2.17. The van der Waals surface area contributed by atoms with Crippen molar-refractivity contribution in [2.75, 3.05) is 7.05 Å². The summed E-state index contributed by atoms with van der Waals surface area (Å²) in [5.41, 5.74) is 2.66. The summed E-state index contributed by atoms with van der Waals surface area (Å²) in [6.45, 7) is 3.99. The van der Waals surface area contributed by atoms with E-state index in [4.69, 9.17) is 0 Å². The number of likely N-dealkylation sites (N-methyl/N-ethyl adjacent to an activating group) is 1. The molecule has 0 N–H and O–H groups in total. The Balaban J connectivity index is 2.36. The maximum absolute atomic E-state index is 14.3. The summed E-state index contributed by atoms with van der Waals surface area (Å²) in [5.74, 6) is -1.39. The molecule has 0 atom stereocenters. The molecule has 116 valence electrons. The summed E-state index contributed by atoms with van der Waals surface area (Å²) < 4.78 is 29.5. The number of nitrogens with zero attached hydrogens (tertiary/aromatic N) is 2. The summed E-state index contributed by atoms with van der Waals surface area (Å²) in [6.07, 6.45) is 3.94. The first-order valence-electron chi connectivity index (χ1n) is 6.90. The molecule has 1 aliphatic rings. The smallest absolute Gasteiger partial charge is 0.153 e. The molecule has 5 heteroatoms. The van der Waals surface area contributed by atoms with Gasteiger partial charge in [0.1, 0.15) is 0 Å². The van der Waals surface area contributed by atoms with Crippen LogP contribution in [0.5, 0.6) is 0 Å². The zero-order chi connectivity index (χ0) is 16.6. The van der Waals surface area contributed by atoms with E-state index in [1.165, 1.54) is 0 Å². The fourth-order valence-electron chi connectivity index (χ4n) is 2.53. The zero-order valence-corrected chi connectivity index (χ0v) is 14.5. The van der Waals surface area contributed by atoms with E-state index in [-0.39, 0.29) is 5.56 Å². The van der Waals surface area contributed by atoms with E-state index in [2.05, 4.69) is 34.2 Å². The largest absolute Gasteiger partial charge is 0.343 e. The predicted octanol–water partition coefficient (Wildman–Crippen LogP) is 5.01. The summed E-state index contributed by atoms with van der Waals surface area (Å²) in [6, 6.07) is 9.51. The first kappa shape index (κ1) is 15.9. The Morgan fingerprint density at radius 1 is 1.09 bits per heavy atom. The number of aromatic nitrogens is 1. The zero-order valence-electron chi connectivity index (χ0n) is 12.4. The number of pyridine rings is 1. The normalized spacial score (nSPS) is 15.0. The average Bonchev–Trinajstić information content (AvgIpc) is 2.55. The fraction of sp³-hybridized carbons (Fsp3) is 0.0556. The molecule has 0 amide bonds. The molecule has 1 aromatic heterocycles. The van der Waals surface area contributed by atoms with Crippen LogP contribution in [0.4, 0.5) is 8.78 Å². The summed E-state index contributed by atoms with van der Waals surface area (Å²) in [7, 11) is 1.76. The molecule has 2 aromatic rings. The van der Waals surface area contributed by atoms with Gasteiger partial charge in [0, 0.05) is 21.9 Å². The van der Waals surface area contributed by atoms with Crippen LogP contribution in [0.15, 0.2) is 64.7 Å². The Morgan fingerprint density at radius 3 is 2.30 bits per heavy atom. The topological polar surface area (TPSA) is 16.1 Å². The van der Waals surface area contributed by atoms with E-state index < -0.39 is 11.6 Å². The first-order valence-corrected chi connectivity index (χ1v) is 7.98. The number of rotatable bonds is 2. The lowest BCUT2D eigenvalue weighted by atomic mass is 9.95. The van der Waals surface area contributed by atoms with Crippen LogP contribution in [-0.2, 0) is 0 Å². The van der Waals surface area contributed by atoms with E-state index in [9.17, 15) is 8.78 Å². The quantitative estimate of drug-likeness (QED) is 0.633. The highest BCUT2D eigenvalue weighted by Gasteiger charge is 2.27. The van der Waals surface area contributed by atoms with Crippen LogP contribution in [0.1, 0.15) is 11.1 Å². The van der Waals surface area contributed by atoms with Crippen molar-refractivity contribution in [2.45, 2.75) is 0 Å². The van der Waals surface area contributed by atoms with E-state index in [1.54, 1.807) is 11.9 Å². The minimum Gasteiger partial charge on any atom is -0.343 e. The van der Waals surface area contributed by atoms with Crippen LogP contribution in [0.3, 0.4) is 0 Å². The van der Waals surface area contributed by atoms with Gasteiger partial charge in [0.05, 0.1) is 23.7 Å². The third-order valence-electron chi connectivity index (χ3n) is 3.72. The summed E-state index contributed by atoms with van der Waals surface area (Å²) in [5, 5.41) is 0. The number of hydrogen-bond donors (Lipinski definition) is 0. The van der Waals surface area contributed by atoms with Gasteiger partial charge in [-0.15, -0.1) is 0 Å².